The van der Waals surface area contributed by atoms with Gasteiger partial charge >= 0.3 is 0 Å². The Hall–Kier alpha value is -2.12. The topological polar surface area (TPSA) is 52.9 Å². The molecular weight excluding hydrogens is 304 g/mol. The van der Waals surface area contributed by atoms with Crippen molar-refractivity contribution in [1.29, 1.82) is 5.26 Å². The molecule has 2 aromatic rings. The van der Waals surface area contributed by atoms with Gasteiger partial charge in [0.1, 0.15) is 11.1 Å². The minimum Gasteiger partial charge on any atom is -0.316 e. The zero-order chi connectivity index (χ0) is 15.8. The number of nitrogens with one attached hydrogen (secondary N) is 1. The second kappa shape index (κ2) is 5.82. The lowest BCUT2D eigenvalue weighted by molar-refractivity contribution is -0.117. The van der Waals surface area contributed by atoms with Gasteiger partial charge in [-0.2, -0.15) is 5.26 Å². The summed E-state index contributed by atoms with van der Waals surface area (Å²) in [6.07, 6.45) is 5.25. The fourth-order valence-corrected chi connectivity index (χ4v) is 4.77. The van der Waals surface area contributed by atoms with E-state index < -0.39 is 0 Å². The number of nitrogens with zero attached hydrogens (tertiary/aromatic N) is 1. The number of rotatable bonds is 3. The van der Waals surface area contributed by atoms with Crippen molar-refractivity contribution in [1.82, 2.24) is 0 Å². The summed E-state index contributed by atoms with van der Waals surface area (Å²) < 4.78 is 0. The van der Waals surface area contributed by atoms with Crippen molar-refractivity contribution in [3.63, 3.8) is 0 Å². The van der Waals surface area contributed by atoms with Gasteiger partial charge in [-0.1, -0.05) is 30.3 Å². The lowest BCUT2D eigenvalue weighted by atomic mass is 9.96. The van der Waals surface area contributed by atoms with Crippen LogP contribution in [0.3, 0.4) is 0 Å². The molecule has 0 aliphatic heterocycles. The Labute approximate surface area is 140 Å². The Morgan fingerprint density at radius 1 is 1.22 bits per heavy atom. The zero-order valence-electron chi connectivity index (χ0n) is 12.8. The maximum absolute atomic E-state index is 12.5. The van der Waals surface area contributed by atoms with Crippen molar-refractivity contribution in [2.75, 3.05) is 5.32 Å². The highest BCUT2D eigenvalue weighted by Gasteiger charge is 2.44. The molecule has 2 aliphatic rings. The number of anilines is 1. The van der Waals surface area contributed by atoms with Gasteiger partial charge in [0.2, 0.25) is 5.91 Å². The van der Waals surface area contributed by atoms with E-state index >= 15 is 0 Å². The lowest BCUT2D eigenvalue weighted by Gasteiger charge is -2.09. The Bertz CT molecular complexity index is 788. The highest BCUT2D eigenvalue weighted by molar-refractivity contribution is 7.16. The molecule has 1 fully saturated rings. The summed E-state index contributed by atoms with van der Waals surface area (Å²) in [5.74, 6) is 0.438. The van der Waals surface area contributed by atoms with Gasteiger partial charge in [0, 0.05) is 10.8 Å². The molecule has 1 aromatic heterocycles. The maximum Gasteiger partial charge on any atom is 0.228 e. The molecule has 0 unspecified atom stereocenters. The minimum absolute atomic E-state index is 0.0445. The molecule has 116 valence electrons. The average Bonchev–Trinajstić information content (AvgIpc) is 3.31. The van der Waals surface area contributed by atoms with Gasteiger partial charge in [0.25, 0.3) is 0 Å². The van der Waals surface area contributed by atoms with Crippen molar-refractivity contribution >= 4 is 22.2 Å². The summed E-state index contributed by atoms with van der Waals surface area (Å²) >= 11 is 1.60. The number of carbonyl (C=O) groups is 1. The quantitative estimate of drug-likeness (QED) is 0.919. The van der Waals surface area contributed by atoms with Crippen LogP contribution >= 0.6 is 11.3 Å². The van der Waals surface area contributed by atoms with E-state index in [9.17, 15) is 10.1 Å². The molecule has 1 aromatic carbocycles. The van der Waals surface area contributed by atoms with E-state index in [4.69, 9.17) is 0 Å². The first kappa shape index (κ1) is 14.5. The van der Waals surface area contributed by atoms with E-state index in [0.717, 1.165) is 30.7 Å². The van der Waals surface area contributed by atoms with Crippen molar-refractivity contribution in [3.05, 3.63) is 51.9 Å². The Morgan fingerprint density at radius 2 is 2.00 bits per heavy atom. The number of hydrogen-bond donors (Lipinski definition) is 1. The number of nitriles is 1. The van der Waals surface area contributed by atoms with Crippen LogP contribution in [0, 0.1) is 17.2 Å². The lowest BCUT2D eigenvalue weighted by Crippen LogP contribution is -2.14. The van der Waals surface area contributed by atoms with Crippen LogP contribution in [0.25, 0.3) is 0 Å². The van der Waals surface area contributed by atoms with Gasteiger partial charge in [0.05, 0.1) is 5.56 Å². The van der Waals surface area contributed by atoms with Crippen LogP contribution in [0.1, 0.15) is 46.7 Å². The molecule has 2 atom stereocenters. The molecule has 4 heteroatoms. The van der Waals surface area contributed by atoms with E-state index in [1.807, 2.05) is 18.2 Å². The maximum atomic E-state index is 12.5. The molecule has 0 radical (unpaired) electrons. The molecule has 0 saturated heterocycles. The van der Waals surface area contributed by atoms with Gasteiger partial charge in [-0.15, -0.1) is 11.3 Å². The van der Waals surface area contributed by atoms with Crippen LogP contribution in [0.5, 0.6) is 0 Å². The molecule has 1 saturated carbocycles. The fourth-order valence-electron chi connectivity index (χ4n) is 3.53. The highest BCUT2D eigenvalue weighted by Crippen LogP contribution is 2.48. The third kappa shape index (κ3) is 2.66. The third-order valence-corrected chi connectivity index (χ3v) is 6.08. The Balaban J connectivity index is 1.50. The SMILES string of the molecule is N#Cc1c(NC(=O)[C@H]2C[C@@H]2c2ccccc2)sc2c1CCCC2. The van der Waals surface area contributed by atoms with Gasteiger partial charge in [-0.3, -0.25) is 4.79 Å². The third-order valence-electron chi connectivity index (χ3n) is 4.87. The van der Waals surface area contributed by atoms with Crippen LogP contribution < -0.4 is 5.32 Å². The van der Waals surface area contributed by atoms with E-state index in [2.05, 4.69) is 23.5 Å². The predicted octanol–water partition coefficient (Wildman–Crippen LogP) is 4.24. The van der Waals surface area contributed by atoms with E-state index in [0.29, 0.717) is 11.5 Å². The van der Waals surface area contributed by atoms with Gasteiger partial charge in [0.15, 0.2) is 0 Å². The van der Waals surface area contributed by atoms with E-state index in [1.54, 1.807) is 11.3 Å². The zero-order valence-corrected chi connectivity index (χ0v) is 13.7. The standard InChI is InChI=1S/C19H18N2OS/c20-11-16-13-8-4-5-9-17(13)23-19(16)21-18(22)15-10-14(15)12-6-2-1-3-7-12/h1-3,6-7,14-15H,4-5,8-10H2,(H,21,22)/t14-,15+/m1/s1. The number of benzene rings is 1. The molecule has 1 N–H and O–H groups in total. The summed E-state index contributed by atoms with van der Waals surface area (Å²) in [7, 11) is 0. The summed E-state index contributed by atoms with van der Waals surface area (Å²) in [6, 6.07) is 12.5. The first-order valence-corrected chi connectivity index (χ1v) is 9.00. The number of fused-ring (bicyclic) bond motifs is 1. The Morgan fingerprint density at radius 3 is 2.78 bits per heavy atom. The van der Waals surface area contributed by atoms with Crippen LogP contribution in [0.15, 0.2) is 30.3 Å². The Kier molecular flexibility index (Phi) is 3.66. The minimum atomic E-state index is 0.0445. The molecule has 4 rings (SSSR count). The van der Waals surface area contributed by atoms with Crippen molar-refractivity contribution in [2.45, 2.75) is 38.0 Å². The molecule has 1 amide bonds. The number of thiophene rings is 1. The van der Waals surface area contributed by atoms with Gasteiger partial charge < -0.3 is 5.32 Å². The predicted molar refractivity (Wildman–Crippen MR) is 91.6 cm³/mol. The largest absolute Gasteiger partial charge is 0.316 e. The van der Waals surface area contributed by atoms with Crippen molar-refractivity contribution in [3.8, 4) is 6.07 Å². The first-order chi connectivity index (χ1) is 11.3. The summed E-state index contributed by atoms with van der Waals surface area (Å²) in [4.78, 5) is 13.8. The molecule has 2 aliphatic carbocycles. The van der Waals surface area contributed by atoms with E-state index in [1.165, 1.54) is 22.4 Å². The average molecular weight is 322 g/mol. The molecule has 23 heavy (non-hydrogen) atoms. The summed E-state index contributed by atoms with van der Waals surface area (Å²) in [6.45, 7) is 0. The second-order valence-electron chi connectivity index (χ2n) is 6.38. The summed E-state index contributed by atoms with van der Waals surface area (Å²) in [5, 5.41) is 13.3. The molecule has 0 spiro atoms. The summed E-state index contributed by atoms with van der Waals surface area (Å²) in [5.41, 5.74) is 3.11. The number of amides is 1. The normalized spacial score (nSPS) is 22.0. The van der Waals surface area contributed by atoms with E-state index in [-0.39, 0.29) is 11.8 Å². The second-order valence-corrected chi connectivity index (χ2v) is 7.48. The number of carbonyl (C=O) groups excluding carboxylic acids is 1. The van der Waals surface area contributed by atoms with Gasteiger partial charge in [-0.05, 0) is 49.1 Å². The van der Waals surface area contributed by atoms with Crippen LogP contribution in [0.2, 0.25) is 0 Å². The number of aryl methyl sites for hydroxylation is 1. The highest BCUT2D eigenvalue weighted by atomic mass is 32.1. The van der Waals surface area contributed by atoms with Crippen molar-refractivity contribution in [2.24, 2.45) is 5.92 Å². The number of hydrogen-bond acceptors (Lipinski definition) is 3. The molecule has 0 bridgehead atoms. The van der Waals surface area contributed by atoms with Gasteiger partial charge in [-0.25, -0.2) is 0 Å². The van der Waals surface area contributed by atoms with Crippen molar-refractivity contribution < 1.29 is 4.79 Å². The van der Waals surface area contributed by atoms with Crippen LogP contribution in [-0.2, 0) is 17.6 Å². The fraction of sp³-hybridized carbons (Fsp3) is 0.368. The first-order valence-electron chi connectivity index (χ1n) is 8.18. The van der Waals surface area contributed by atoms with Crippen LogP contribution in [-0.4, -0.2) is 5.91 Å². The monoisotopic (exact) mass is 322 g/mol. The van der Waals surface area contributed by atoms with Crippen LogP contribution in [0.4, 0.5) is 5.00 Å². The molecule has 3 nitrogen and oxygen atoms in total. The smallest absolute Gasteiger partial charge is 0.228 e. The molecule has 1 heterocycles. The molecular formula is C19H18N2OS.